The summed E-state index contributed by atoms with van der Waals surface area (Å²) in [5, 5.41) is 38.8. The third-order valence-electron chi connectivity index (χ3n) is 8.18. The molecule has 0 saturated heterocycles. The second-order valence-corrected chi connectivity index (χ2v) is 13.4. The Morgan fingerprint density at radius 1 is 0.700 bits per heavy atom. The molecular weight excluding hydrogens is 671 g/mol. The van der Waals surface area contributed by atoms with E-state index in [0.717, 1.165) is 33.4 Å². The minimum Gasteiger partial charge on any atom is -0.396 e. The van der Waals surface area contributed by atoms with Gasteiger partial charge in [-0.2, -0.15) is 10.5 Å². The molecule has 2 aromatic heterocycles. The largest absolute Gasteiger partial charge is 0.396 e. The molecule has 0 radical (unpaired) electrons. The Labute approximate surface area is 299 Å². The summed E-state index contributed by atoms with van der Waals surface area (Å²) in [5.41, 5.74) is 11.3. The van der Waals surface area contributed by atoms with E-state index in [0.29, 0.717) is 38.0 Å². The predicted octanol–water partition coefficient (Wildman–Crippen LogP) is 10.4. The first-order chi connectivity index (χ1) is 23.7. The average Bonchev–Trinajstić information content (AvgIpc) is 3.10. The molecule has 250 valence electrons. The molecule has 2 heterocycles. The van der Waals surface area contributed by atoms with Gasteiger partial charge >= 0.3 is 5.69 Å². The molecule has 12 heteroatoms. The molecule has 0 fully saturated rings. The Morgan fingerprint density at radius 2 is 1.12 bits per heavy atom. The zero-order valence-electron chi connectivity index (χ0n) is 27.6. The predicted molar refractivity (Wildman–Crippen MR) is 201 cm³/mol. The Balaban J connectivity index is 0.000000195. The second-order valence-electron chi connectivity index (χ2n) is 12.6. The lowest BCUT2D eigenvalue weighted by Crippen LogP contribution is -2.13. The maximum Gasteiger partial charge on any atom is 0.311 e. The first-order valence-corrected chi connectivity index (χ1v) is 16.1. The maximum atomic E-state index is 11.4. The summed E-state index contributed by atoms with van der Waals surface area (Å²) in [4.78, 5) is 19.4. The lowest BCUT2D eigenvalue weighted by atomic mass is 9.86. The van der Waals surface area contributed by atoms with E-state index in [1.165, 1.54) is 6.20 Å². The number of hydrogen-bond acceptors (Lipinski definition) is 9. The fourth-order valence-electron chi connectivity index (χ4n) is 5.10. The van der Waals surface area contributed by atoms with Gasteiger partial charge in [-0.05, 0) is 99.5 Å². The number of nitro groups is 1. The Hall–Kier alpha value is -5.94. The van der Waals surface area contributed by atoms with Gasteiger partial charge in [0.1, 0.15) is 11.9 Å². The summed E-state index contributed by atoms with van der Waals surface area (Å²) in [6.07, 6.45) is 2.86. The van der Waals surface area contributed by atoms with E-state index < -0.39 is 15.8 Å². The molecule has 0 spiro atoms. The van der Waals surface area contributed by atoms with Crippen LogP contribution in [0.3, 0.4) is 0 Å². The second kappa shape index (κ2) is 14.3. The number of halogens is 2. The summed E-state index contributed by atoms with van der Waals surface area (Å²) in [5.74, 6) is 0. The van der Waals surface area contributed by atoms with Gasteiger partial charge in [0.25, 0.3) is 0 Å². The molecule has 0 amide bonds. The van der Waals surface area contributed by atoms with Crippen LogP contribution in [0.25, 0.3) is 21.8 Å². The van der Waals surface area contributed by atoms with Crippen LogP contribution in [0.2, 0.25) is 10.0 Å². The van der Waals surface area contributed by atoms with Crippen LogP contribution in [0.1, 0.15) is 38.8 Å². The number of anilines is 5. The van der Waals surface area contributed by atoms with Crippen LogP contribution in [-0.4, -0.2) is 14.9 Å². The molecule has 0 aliphatic rings. The lowest BCUT2D eigenvalue weighted by Gasteiger charge is -2.17. The quantitative estimate of drug-likeness (QED) is 0.108. The first kappa shape index (κ1) is 35.4. The van der Waals surface area contributed by atoms with Crippen LogP contribution in [0.15, 0.2) is 97.3 Å². The van der Waals surface area contributed by atoms with Crippen LogP contribution in [-0.2, 0) is 10.8 Å². The molecule has 50 heavy (non-hydrogen) atoms. The lowest BCUT2D eigenvalue weighted by molar-refractivity contribution is -0.384. The van der Waals surface area contributed by atoms with Crippen molar-refractivity contribution in [1.82, 2.24) is 9.97 Å². The van der Waals surface area contributed by atoms with E-state index in [-0.39, 0.29) is 5.69 Å². The van der Waals surface area contributed by atoms with Gasteiger partial charge in [-0.25, -0.2) is 4.98 Å². The van der Waals surface area contributed by atoms with Gasteiger partial charge in [-0.15, -0.1) is 0 Å². The highest BCUT2D eigenvalue weighted by atomic mass is 35.5. The van der Waals surface area contributed by atoms with Crippen LogP contribution >= 0.6 is 23.2 Å². The Kier molecular flexibility index (Phi) is 10.1. The number of fused-ring (bicyclic) bond motifs is 2. The van der Waals surface area contributed by atoms with E-state index in [1.807, 2.05) is 76.2 Å². The third kappa shape index (κ3) is 7.68. The number of hydrogen-bond donors (Lipinski definition) is 3. The first-order valence-electron chi connectivity index (χ1n) is 15.4. The van der Waals surface area contributed by atoms with Gasteiger partial charge in [0.05, 0.1) is 56.5 Å². The summed E-state index contributed by atoms with van der Waals surface area (Å²) >= 11 is 12.2. The van der Waals surface area contributed by atoms with Crippen molar-refractivity contribution in [2.75, 3.05) is 16.4 Å². The normalized spacial score (nSPS) is 11.2. The Morgan fingerprint density at radius 3 is 1.56 bits per heavy atom. The van der Waals surface area contributed by atoms with Crippen molar-refractivity contribution in [3.63, 3.8) is 0 Å². The maximum absolute atomic E-state index is 11.4. The molecule has 10 nitrogen and oxygen atoms in total. The summed E-state index contributed by atoms with van der Waals surface area (Å²) in [6, 6.07) is 30.1. The van der Waals surface area contributed by atoms with Crippen molar-refractivity contribution in [3.05, 3.63) is 129 Å². The van der Waals surface area contributed by atoms with Gasteiger partial charge in [-0.3, -0.25) is 15.1 Å². The van der Waals surface area contributed by atoms with Crippen LogP contribution < -0.4 is 16.4 Å². The van der Waals surface area contributed by atoms with Crippen molar-refractivity contribution in [1.29, 1.82) is 10.5 Å². The van der Waals surface area contributed by atoms with Gasteiger partial charge in [0.15, 0.2) is 0 Å². The number of rotatable bonds is 7. The highest BCUT2D eigenvalue weighted by molar-refractivity contribution is 6.32. The number of pyridine rings is 2. The molecule has 6 aromatic rings. The number of nitrogens with two attached hydrogens (primary N) is 1. The monoisotopic (exact) mass is 702 g/mol. The number of benzene rings is 4. The molecule has 0 saturated carbocycles. The minimum atomic E-state index is -0.610. The van der Waals surface area contributed by atoms with E-state index in [2.05, 4.69) is 32.7 Å². The summed E-state index contributed by atoms with van der Waals surface area (Å²) < 4.78 is 0. The molecule has 4 aromatic carbocycles. The topological polar surface area (TPSA) is 167 Å². The van der Waals surface area contributed by atoms with Crippen LogP contribution in [0.5, 0.6) is 0 Å². The van der Waals surface area contributed by atoms with Gasteiger partial charge in [0, 0.05) is 32.2 Å². The molecular formula is C38H32Cl2N8O2. The van der Waals surface area contributed by atoms with E-state index in [1.54, 1.807) is 42.6 Å². The van der Waals surface area contributed by atoms with E-state index >= 15 is 0 Å². The molecule has 0 aliphatic heterocycles. The number of nitriles is 2. The highest BCUT2D eigenvalue weighted by Crippen LogP contribution is 2.36. The fourth-order valence-corrected chi connectivity index (χ4v) is 5.45. The van der Waals surface area contributed by atoms with Crippen molar-refractivity contribution in [2.24, 2.45) is 0 Å². The van der Waals surface area contributed by atoms with Crippen molar-refractivity contribution in [3.8, 4) is 12.1 Å². The Bertz CT molecular complexity index is 2310. The smallest absolute Gasteiger partial charge is 0.311 e. The highest BCUT2D eigenvalue weighted by Gasteiger charge is 2.22. The molecule has 6 rings (SSSR count). The average molecular weight is 704 g/mol. The molecule has 0 atom stereocenters. The van der Waals surface area contributed by atoms with Crippen molar-refractivity contribution in [2.45, 2.75) is 38.5 Å². The molecule has 0 bridgehead atoms. The molecule has 4 N–H and O–H groups in total. The standard InChI is InChI=1S/C19H15ClN4O2.C19H17ClN4/c1-19(2,11-21)12-3-6-14(7-4-12)23-18-15-9-13(20)5-8-16(15)22-10-17(18)24(25)26;1-19(2,11-21)12-3-6-14(7-4-12)24-18-15-9-13(20)5-8-17(15)23-10-16(18)22/h3-10H,1-2H3,(H,22,23);3-10H,22H2,1-2H3,(H,23,24). The minimum absolute atomic E-state index is 0.138. The van der Waals surface area contributed by atoms with Gasteiger partial charge < -0.3 is 16.4 Å². The number of nitrogens with zero attached hydrogens (tertiary/aromatic N) is 5. The fraction of sp³-hybridized carbons (Fsp3) is 0.158. The van der Waals surface area contributed by atoms with Crippen LogP contribution in [0.4, 0.5) is 34.1 Å². The van der Waals surface area contributed by atoms with Crippen molar-refractivity contribution < 1.29 is 4.92 Å². The number of aromatic nitrogens is 2. The summed E-state index contributed by atoms with van der Waals surface area (Å²) in [7, 11) is 0. The zero-order valence-corrected chi connectivity index (χ0v) is 29.1. The van der Waals surface area contributed by atoms with Gasteiger partial charge in [0.2, 0.25) is 0 Å². The van der Waals surface area contributed by atoms with Crippen molar-refractivity contribution >= 4 is 79.1 Å². The molecule has 0 aliphatic carbocycles. The van der Waals surface area contributed by atoms with E-state index in [4.69, 9.17) is 28.9 Å². The SMILES string of the molecule is CC(C)(C#N)c1ccc(Nc2c(N)cnc3ccc(Cl)cc23)cc1.CC(C)(C#N)c1ccc(Nc2c([N+](=O)[O-])cnc3ccc(Cl)cc23)cc1. The number of nitrogen functional groups attached to an aromatic ring is 1. The number of nitrogens with one attached hydrogen (secondary N) is 2. The zero-order chi connectivity index (χ0) is 36.2. The van der Waals surface area contributed by atoms with E-state index in [9.17, 15) is 20.6 Å². The third-order valence-corrected chi connectivity index (χ3v) is 8.65. The van der Waals surface area contributed by atoms with Crippen LogP contribution in [0, 0.1) is 32.8 Å². The molecule has 0 unspecified atom stereocenters. The summed E-state index contributed by atoms with van der Waals surface area (Å²) in [6.45, 7) is 7.45. The van der Waals surface area contributed by atoms with Gasteiger partial charge in [-0.1, -0.05) is 47.5 Å².